The lowest BCUT2D eigenvalue weighted by Crippen LogP contribution is -2.02. The molecule has 0 aliphatic heterocycles. The molecule has 0 unspecified atom stereocenters. The van der Waals surface area contributed by atoms with E-state index in [1.165, 1.54) is 38.5 Å². The Balaban J connectivity index is 1.89. The average Bonchev–Trinajstić information content (AvgIpc) is 2.43. The predicted molar refractivity (Wildman–Crippen MR) is 55.8 cm³/mol. The molecule has 14 heavy (non-hydrogen) atoms. The van der Waals surface area contributed by atoms with Crippen LogP contribution in [0.3, 0.4) is 0 Å². The Hall–Kier alpha value is -0.990. The Morgan fingerprint density at radius 1 is 1.29 bits per heavy atom. The van der Waals surface area contributed by atoms with Crippen LogP contribution in [0, 0.1) is 5.92 Å². The zero-order chi connectivity index (χ0) is 9.80. The molecule has 1 saturated carbocycles. The van der Waals surface area contributed by atoms with Gasteiger partial charge in [-0.15, -0.1) is 0 Å². The molecule has 0 bridgehead atoms. The number of hydrogen-bond donors (Lipinski definition) is 1. The molecule has 0 atom stereocenters. The van der Waals surface area contributed by atoms with Gasteiger partial charge in [-0.2, -0.15) is 0 Å². The fraction of sp³-hybridized carbons (Fsp3) is 0.727. The Morgan fingerprint density at radius 3 is 2.57 bits per heavy atom. The third-order valence-corrected chi connectivity index (χ3v) is 3.04. The quantitative estimate of drug-likeness (QED) is 0.736. The van der Waals surface area contributed by atoms with Crippen molar-refractivity contribution in [3.63, 3.8) is 0 Å². The molecule has 1 heterocycles. The highest BCUT2D eigenvalue weighted by Gasteiger charge is 2.14. The van der Waals surface area contributed by atoms with E-state index in [9.17, 15) is 0 Å². The Kier molecular flexibility index (Phi) is 3.07. The van der Waals surface area contributed by atoms with Crippen LogP contribution in [-0.2, 0) is 6.42 Å². The van der Waals surface area contributed by atoms with E-state index in [2.05, 4.69) is 5.16 Å². The van der Waals surface area contributed by atoms with Gasteiger partial charge in [0.1, 0.15) is 5.76 Å². The van der Waals surface area contributed by atoms with Gasteiger partial charge in [0.05, 0.1) is 0 Å². The molecule has 3 nitrogen and oxygen atoms in total. The van der Waals surface area contributed by atoms with Crippen LogP contribution in [0.25, 0.3) is 0 Å². The van der Waals surface area contributed by atoms with Gasteiger partial charge in [0.2, 0.25) is 0 Å². The molecule has 1 aliphatic rings. The maximum atomic E-state index is 5.51. The molecule has 0 saturated heterocycles. The fourth-order valence-corrected chi connectivity index (χ4v) is 2.28. The van der Waals surface area contributed by atoms with E-state index in [-0.39, 0.29) is 0 Å². The zero-order valence-corrected chi connectivity index (χ0v) is 8.54. The average molecular weight is 194 g/mol. The highest BCUT2D eigenvalue weighted by Crippen LogP contribution is 2.26. The number of hydrogen-bond acceptors (Lipinski definition) is 3. The Labute approximate surface area is 84.7 Å². The van der Waals surface area contributed by atoms with Crippen LogP contribution in [0.4, 0.5) is 5.82 Å². The second-order valence-corrected chi connectivity index (χ2v) is 4.28. The topological polar surface area (TPSA) is 52.0 Å². The molecule has 2 rings (SSSR count). The number of anilines is 1. The standard InChI is InChI=1S/C11H18N2O/c12-11-8-10(14-13-11)7-9-5-3-1-2-4-6-9/h8-9H,1-7H2,(H2,12,13). The van der Waals surface area contributed by atoms with Crippen LogP contribution in [0.2, 0.25) is 0 Å². The smallest absolute Gasteiger partial charge is 0.167 e. The Bertz CT molecular complexity index is 275. The number of aromatic nitrogens is 1. The van der Waals surface area contributed by atoms with Crippen molar-refractivity contribution in [2.45, 2.75) is 44.9 Å². The van der Waals surface area contributed by atoms with E-state index < -0.39 is 0 Å². The molecule has 0 radical (unpaired) electrons. The molecule has 78 valence electrons. The molecule has 2 N–H and O–H groups in total. The van der Waals surface area contributed by atoms with Gasteiger partial charge in [0.15, 0.2) is 5.82 Å². The van der Waals surface area contributed by atoms with E-state index in [4.69, 9.17) is 10.3 Å². The van der Waals surface area contributed by atoms with Gasteiger partial charge in [-0.3, -0.25) is 0 Å². The molecule has 1 aromatic heterocycles. The van der Waals surface area contributed by atoms with Gasteiger partial charge >= 0.3 is 0 Å². The normalized spacial score (nSPS) is 19.4. The van der Waals surface area contributed by atoms with Gasteiger partial charge in [0, 0.05) is 12.5 Å². The van der Waals surface area contributed by atoms with Crippen molar-refractivity contribution in [2.24, 2.45) is 5.92 Å². The van der Waals surface area contributed by atoms with E-state index >= 15 is 0 Å². The molecule has 0 aromatic carbocycles. The highest BCUT2D eigenvalue weighted by atomic mass is 16.5. The van der Waals surface area contributed by atoms with E-state index in [0.717, 1.165) is 18.1 Å². The van der Waals surface area contributed by atoms with E-state index in [1.807, 2.05) is 6.07 Å². The zero-order valence-electron chi connectivity index (χ0n) is 8.54. The molecular weight excluding hydrogens is 176 g/mol. The van der Waals surface area contributed by atoms with Gasteiger partial charge in [-0.05, 0) is 5.92 Å². The minimum atomic E-state index is 0.508. The first-order valence-corrected chi connectivity index (χ1v) is 5.55. The minimum Gasteiger partial charge on any atom is -0.381 e. The van der Waals surface area contributed by atoms with Crippen LogP contribution in [0.15, 0.2) is 10.6 Å². The molecule has 3 heteroatoms. The number of nitrogens with two attached hydrogens (primary N) is 1. The fourth-order valence-electron chi connectivity index (χ4n) is 2.28. The van der Waals surface area contributed by atoms with Crippen molar-refractivity contribution in [3.05, 3.63) is 11.8 Å². The first-order chi connectivity index (χ1) is 6.84. The Morgan fingerprint density at radius 2 is 2.00 bits per heavy atom. The summed E-state index contributed by atoms with van der Waals surface area (Å²) in [5.41, 5.74) is 5.51. The molecule has 0 spiro atoms. The second-order valence-electron chi connectivity index (χ2n) is 4.28. The van der Waals surface area contributed by atoms with Crippen molar-refractivity contribution in [3.8, 4) is 0 Å². The SMILES string of the molecule is Nc1cc(CC2CCCCCC2)on1. The maximum absolute atomic E-state index is 5.51. The van der Waals surface area contributed by atoms with Gasteiger partial charge in [-0.1, -0.05) is 43.7 Å². The minimum absolute atomic E-state index is 0.508. The second kappa shape index (κ2) is 4.49. The lowest BCUT2D eigenvalue weighted by Gasteiger charge is -2.10. The summed E-state index contributed by atoms with van der Waals surface area (Å²) >= 11 is 0. The number of nitrogen functional groups attached to an aromatic ring is 1. The largest absolute Gasteiger partial charge is 0.381 e. The summed E-state index contributed by atoms with van der Waals surface area (Å²) in [6, 6.07) is 1.85. The van der Waals surface area contributed by atoms with Crippen molar-refractivity contribution in [1.29, 1.82) is 0 Å². The first kappa shape index (κ1) is 9.56. The third-order valence-electron chi connectivity index (χ3n) is 3.04. The first-order valence-electron chi connectivity index (χ1n) is 5.55. The molecular formula is C11H18N2O. The molecule has 1 aromatic rings. The van der Waals surface area contributed by atoms with Gasteiger partial charge < -0.3 is 10.3 Å². The maximum Gasteiger partial charge on any atom is 0.167 e. The predicted octanol–water partition coefficient (Wildman–Crippen LogP) is 2.77. The summed E-state index contributed by atoms with van der Waals surface area (Å²) in [6.07, 6.45) is 9.22. The van der Waals surface area contributed by atoms with Crippen molar-refractivity contribution in [2.75, 3.05) is 5.73 Å². The lowest BCUT2D eigenvalue weighted by molar-refractivity contribution is 0.346. The summed E-state index contributed by atoms with van der Waals surface area (Å²) in [5, 5.41) is 3.71. The molecule has 0 amide bonds. The summed E-state index contributed by atoms with van der Waals surface area (Å²) in [7, 11) is 0. The highest BCUT2D eigenvalue weighted by molar-refractivity contribution is 5.26. The van der Waals surface area contributed by atoms with Crippen LogP contribution in [0.5, 0.6) is 0 Å². The summed E-state index contributed by atoms with van der Waals surface area (Å²) in [5.74, 6) is 2.24. The van der Waals surface area contributed by atoms with E-state index in [1.54, 1.807) is 0 Å². The molecule has 1 aliphatic carbocycles. The number of rotatable bonds is 2. The van der Waals surface area contributed by atoms with Crippen LogP contribution in [0.1, 0.15) is 44.3 Å². The monoisotopic (exact) mass is 194 g/mol. The van der Waals surface area contributed by atoms with E-state index in [0.29, 0.717) is 5.82 Å². The lowest BCUT2D eigenvalue weighted by atomic mass is 9.95. The van der Waals surface area contributed by atoms with Crippen molar-refractivity contribution in [1.82, 2.24) is 5.16 Å². The van der Waals surface area contributed by atoms with Crippen LogP contribution < -0.4 is 5.73 Å². The molecule has 1 fully saturated rings. The summed E-state index contributed by atoms with van der Waals surface area (Å²) in [4.78, 5) is 0. The van der Waals surface area contributed by atoms with Crippen LogP contribution >= 0.6 is 0 Å². The third kappa shape index (κ3) is 2.50. The van der Waals surface area contributed by atoms with Crippen LogP contribution in [-0.4, -0.2) is 5.16 Å². The van der Waals surface area contributed by atoms with Gasteiger partial charge in [-0.25, -0.2) is 0 Å². The summed E-state index contributed by atoms with van der Waals surface area (Å²) < 4.78 is 5.13. The van der Waals surface area contributed by atoms with Gasteiger partial charge in [0.25, 0.3) is 0 Å². The number of nitrogens with zero attached hydrogens (tertiary/aromatic N) is 1. The van der Waals surface area contributed by atoms with Crippen molar-refractivity contribution < 1.29 is 4.52 Å². The van der Waals surface area contributed by atoms with Crippen molar-refractivity contribution >= 4 is 5.82 Å². The summed E-state index contributed by atoms with van der Waals surface area (Å²) in [6.45, 7) is 0.